The van der Waals surface area contributed by atoms with Crippen molar-refractivity contribution in [2.45, 2.75) is 58.4 Å². The number of hydrogen-bond donors (Lipinski definition) is 2. The number of nitrogens with zero attached hydrogens (tertiary/aromatic N) is 1. The number of hydrogen-bond acceptors (Lipinski definition) is 4. The molecule has 1 saturated carbocycles. The molecule has 1 aliphatic carbocycles. The summed E-state index contributed by atoms with van der Waals surface area (Å²) in [6, 6.07) is 0. The summed E-state index contributed by atoms with van der Waals surface area (Å²) in [4.78, 5) is 24.1. The van der Waals surface area contributed by atoms with Crippen molar-refractivity contribution >= 4 is 11.9 Å². The molecule has 0 spiro atoms. The number of aryl methyl sites for hydroxylation is 2. The molecular formula is C15H22N2O4. The second-order valence-electron chi connectivity index (χ2n) is 5.89. The minimum Gasteiger partial charge on any atom is -0.480 e. The monoisotopic (exact) mass is 294 g/mol. The first-order chi connectivity index (χ1) is 9.89. The molecule has 2 N–H and O–H groups in total. The lowest BCUT2D eigenvalue weighted by Gasteiger charge is -2.37. The Kier molecular flexibility index (Phi) is 4.34. The molecule has 1 amide bonds. The van der Waals surface area contributed by atoms with Gasteiger partial charge in [-0.15, -0.1) is 0 Å². The van der Waals surface area contributed by atoms with E-state index in [1.165, 1.54) is 0 Å². The highest BCUT2D eigenvalue weighted by Crippen LogP contribution is 2.34. The molecule has 0 aliphatic heterocycles. The first-order valence-electron chi connectivity index (χ1n) is 7.38. The third-order valence-corrected chi connectivity index (χ3v) is 4.56. The van der Waals surface area contributed by atoms with E-state index in [4.69, 9.17) is 4.52 Å². The zero-order valence-corrected chi connectivity index (χ0v) is 12.7. The molecule has 0 unspecified atom stereocenters. The van der Waals surface area contributed by atoms with E-state index in [0.29, 0.717) is 35.8 Å². The zero-order valence-electron chi connectivity index (χ0n) is 12.7. The van der Waals surface area contributed by atoms with Crippen LogP contribution >= 0.6 is 0 Å². The number of carboxylic acids is 1. The van der Waals surface area contributed by atoms with Gasteiger partial charge in [0.25, 0.3) is 5.91 Å². The van der Waals surface area contributed by atoms with Crippen molar-refractivity contribution in [2.24, 2.45) is 5.92 Å². The second-order valence-corrected chi connectivity index (χ2v) is 5.89. The Morgan fingerprint density at radius 2 is 2.00 bits per heavy atom. The van der Waals surface area contributed by atoms with E-state index in [1.54, 1.807) is 13.8 Å². The number of rotatable bonds is 4. The Labute approximate surface area is 123 Å². The van der Waals surface area contributed by atoms with Crippen LogP contribution in [0.5, 0.6) is 0 Å². The summed E-state index contributed by atoms with van der Waals surface area (Å²) in [6.07, 6.45) is 3.63. The van der Waals surface area contributed by atoms with E-state index in [-0.39, 0.29) is 0 Å². The highest BCUT2D eigenvalue weighted by Gasteiger charge is 2.43. The van der Waals surface area contributed by atoms with Crippen LogP contribution in [0.3, 0.4) is 0 Å². The SMILES string of the molecule is CCC1CCC(NC(=O)c2c(C)noc2C)(C(=O)O)CC1. The predicted molar refractivity (Wildman–Crippen MR) is 76.1 cm³/mol. The summed E-state index contributed by atoms with van der Waals surface area (Å²) >= 11 is 0. The molecule has 0 radical (unpaired) electrons. The van der Waals surface area contributed by atoms with E-state index in [9.17, 15) is 14.7 Å². The van der Waals surface area contributed by atoms with Gasteiger partial charge in [-0.05, 0) is 45.4 Å². The third-order valence-electron chi connectivity index (χ3n) is 4.56. The van der Waals surface area contributed by atoms with Crippen molar-refractivity contribution in [3.8, 4) is 0 Å². The van der Waals surface area contributed by atoms with E-state index in [2.05, 4.69) is 17.4 Å². The largest absolute Gasteiger partial charge is 0.480 e. The topological polar surface area (TPSA) is 92.4 Å². The highest BCUT2D eigenvalue weighted by atomic mass is 16.5. The molecule has 0 bridgehead atoms. The average molecular weight is 294 g/mol. The lowest BCUT2D eigenvalue weighted by Crippen LogP contribution is -2.56. The molecule has 0 atom stereocenters. The maximum Gasteiger partial charge on any atom is 0.329 e. The van der Waals surface area contributed by atoms with Crippen LogP contribution in [-0.4, -0.2) is 27.7 Å². The van der Waals surface area contributed by atoms with Crippen LogP contribution in [-0.2, 0) is 4.79 Å². The summed E-state index contributed by atoms with van der Waals surface area (Å²) in [7, 11) is 0. The molecule has 21 heavy (non-hydrogen) atoms. The second kappa shape index (κ2) is 5.87. The Morgan fingerprint density at radius 1 is 1.38 bits per heavy atom. The molecule has 1 aromatic rings. The fraction of sp³-hybridized carbons (Fsp3) is 0.667. The standard InChI is InChI=1S/C15H22N2O4/c1-4-11-5-7-15(8-6-11,14(19)20)16-13(18)12-9(2)17-21-10(12)3/h11H,4-8H2,1-3H3,(H,16,18)(H,19,20). The van der Waals surface area contributed by atoms with Crippen molar-refractivity contribution in [1.82, 2.24) is 10.5 Å². The van der Waals surface area contributed by atoms with E-state index < -0.39 is 17.4 Å². The van der Waals surface area contributed by atoms with Crippen molar-refractivity contribution < 1.29 is 19.2 Å². The van der Waals surface area contributed by atoms with Gasteiger partial charge in [-0.2, -0.15) is 0 Å². The average Bonchev–Trinajstić information content (AvgIpc) is 2.78. The van der Waals surface area contributed by atoms with Crippen LogP contribution in [0, 0.1) is 19.8 Å². The summed E-state index contributed by atoms with van der Waals surface area (Å²) in [5.41, 5.74) is -0.347. The number of aliphatic carboxylic acids is 1. The zero-order chi connectivity index (χ0) is 15.6. The van der Waals surface area contributed by atoms with Crippen LogP contribution in [0.15, 0.2) is 4.52 Å². The molecule has 0 aromatic carbocycles. The molecule has 1 aromatic heterocycles. The molecule has 1 fully saturated rings. The third kappa shape index (κ3) is 2.94. The fourth-order valence-corrected chi connectivity index (χ4v) is 3.06. The molecule has 116 valence electrons. The van der Waals surface area contributed by atoms with Crippen molar-refractivity contribution in [1.29, 1.82) is 0 Å². The molecule has 6 heteroatoms. The number of carbonyl (C=O) groups is 2. The van der Waals surface area contributed by atoms with Crippen molar-refractivity contribution in [3.63, 3.8) is 0 Å². The van der Waals surface area contributed by atoms with E-state index in [0.717, 1.165) is 19.3 Å². The first kappa shape index (κ1) is 15.5. The Hall–Kier alpha value is -1.85. The smallest absolute Gasteiger partial charge is 0.329 e. The molecular weight excluding hydrogens is 272 g/mol. The molecule has 0 saturated heterocycles. The van der Waals surface area contributed by atoms with Gasteiger partial charge in [0.2, 0.25) is 0 Å². The minimum absolute atomic E-state index is 0.341. The van der Waals surface area contributed by atoms with Gasteiger partial charge in [0, 0.05) is 0 Å². The Morgan fingerprint density at radius 3 is 2.43 bits per heavy atom. The number of carbonyl (C=O) groups excluding carboxylic acids is 1. The summed E-state index contributed by atoms with van der Waals surface area (Å²) < 4.78 is 4.98. The van der Waals surface area contributed by atoms with Gasteiger partial charge in [0.1, 0.15) is 16.9 Å². The first-order valence-corrected chi connectivity index (χ1v) is 7.38. The number of nitrogens with one attached hydrogen (secondary N) is 1. The van der Waals surface area contributed by atoms with Crippen LogP contribution < -0.4 is 5.32 Å². The van der Waals surface area contributed by atoms with Gasteiger partial charge >= 0.3 is 5.97 Å². The normalized spacial score (nSPS) is 25.6. The Balaban J connectivity index is 2.18. The van der Waals surface area contributed by atoms with Gasteiger partial charge in [-0.25, -0.2) is 4.79 Å². The van der Waals surface area contributed by atoms with Gasteiger partial charge in [-0.3, -0.25) is 4.79 Å². The van der Waals surface area contributed by atoms with Gasteiger partial charge < -0.3 is 14.9 Å². The van der Waals surface area contributed by atoms with Crippen molar-refractivity contribution in [3.05, 3.63) is 17.0 Å². The van der Waals surface area contributed by atoms with Crippen molar-refractivity contribution in [2.75, 3.05) is 0 Å². The van der Waals surface area contributed by atoms with Crippen LogP contribution in [0.25, 0.3) is 0 Å². The van der Waals surface area contributed by atoms with E-state index >= 15 is 0 Å². The van der Waals surface area contributed by atoms with Crippen LogP contribution in [0.1, 0.15) is 60.8 Å². The highest BCUT2D eigenvalue weighted by molar-refractivity contribution is 5.99. The lowest BCUT2D eigenvalue weighted by molar-refractivity contribution is -0.146. The predicted octanol–water partition coefficient (Wildman–Crippen LogP) is 2.44. The minimum atomic E-state index is -1.17. The van der Waals surface area contributed by atoms with Gasteiger partial charge in [-0.1, -0.05) is 18.5 Å². The van der Waals surface area contributed by atoms with Crippen LogP contribution in [0.4, 0.5) is 0 Å². The van der Waals surface area contributed by atoms with Gasteiger partial charge in [0.15, 0.2) is 0 Å². The fourth-order valence-electron chi connectivity index (χ4n) is 3.06. The Bertz CT molecular complexity index is 522. The molecule has 1 heterocycles. The number of aromatic nitrogens is 1. The lowest BCUT2D eigenvalue weighted by atomic mass is 9.75. The molecule has 1 aliphatic rings. The molecule has 6 nitrogen and oxygen atoms in total. The number of amides is 1. The summed E-state index contributed by atoms with van der Waals surface area (Å²) in [5.74, 6) is -0.415. The van der Waals surface area contributed by atoms with Gasteiger partial charge in [0.05, 0.1) is 5.69 Å². The maximum atomic E-state index is 12.4. The summed E-state index contributed by atoms with van der Waals surface area (Å²) in [6.45, 7) is 5.43. The van der Waals surface area contributed by atoms with Crippen LogP contribution in [0.2, 0.25) is 0 Å². The van der Waals surface area contributed by atoms with E-state index in [1.807, 2.05) is 0 Å². The number of carboxylic acid groups (broad SMARTS) is 1. The quantitative estimate of drug-likeness (QED) is 0.889. The maximum absolute atomic E-state index is 12.4. The molecule has 2 rings (SSSR count). The summed E-state index contributed by atoms with van der Waals surface area (Å²) in [5, 5.41) is 16.0.